The van der Waals surface area contributed by atoms with Crippen LogP contribution in [0.2, 0.25) is 5.02 Å². The number of aromatic nitrogens is 2. The molecule has 0 unspecified atom stereocenters. The van der Waals surface area contributed by atoms with Crippen molar-refractivity contribution in [1.82, 2.24) is 9.97 Å². The Labute approximate surface area is 211 Å². The van der Waals surface area contributed by atoms with Crippen LogP contribution in [0.1, 0.15) is 16.8 Å². The number of nitrogens with zero attached hydrogens (tertiary/aromatic N) is 4. The molecule has 0 atom stereocenters. The van der Waals surface area contributed by atoms with E-state index in [-0.39, 0.29) is 42.7 Å². The number of benzene rings is 2. The van der Waals surface area contributed by atoms with Crippen molar-refractivity contribution in [2.45, 2.75) is 6.61 Å². The minimum Gasteiger partial charge on any atom is -0.491 e. The van der Waals surface area contributed by atoms with Gasteiger partial charge in [-0.25, -0.2) is 4.98 Å². The molecule has 2 aromatic carbocycles. The Morgan fingerprint density at radius 2 is 1.58 bits per heavy atom. The number of aliphatic hydroxyl groups is 1. The molecule has 9 nitrogen and oxygen atoms in total. The van der Waals surface area contributed by atoms with Crippen molar-refractivity contribution < 1.29 is 23.7 Å². The summed E-state index contributed by atoms with van der Waals surface area (Å²) in [6.45, 7) is -0.00976. The number of aliphatic hydroxyl groups excluding tert-OH is 1. The maximum absolute atomic E-state index is 9.97. The van der Waals surface area contributed by atoms with Gasteiger partial charge in [-0.15, -0.1) is 0 Å². The molecule has 2 heterocycles. The van der Waals surface area contributed by atoms with Gasteiger partial charge >= 0.3 is 0 Å². The summed E-state index contributed by atoms with van der Waals surface area (Å²) in [5.41, 5.74) is 2.26. The fourth-order valence-corrected chi connectivity index (χ4v) is 3.54. The molecule has 4 aromatic rings. The zero-order valence-electron chi connectivity index (χ0n) is 19.1. The molecule has 0 spiro atoms. The SMILES string of the molecule is COc1nc(OCc2coc(-c3ccc(Cl)cc3)n2)c(C#N)c(-c2ccc(OCCO)cc2)c1C#N. The summed E-state index contributed by atoms with van der Waals surface area (Å²) < 4.78 is 22.1. The van der Waals surface area contributed by atoms with Crippen molar-refractivity contribution in [3.63, 3.8) is 0 Å². The highest BCUT2D eigenvalue weighted by Crippen LogP contribution is 2.37. The normalized spacial score (nSPS) is 10.4. The van der Waals surface area contributed by atoms with Crippen LogP contribution < -0.4 is 14.2 Å². The molecular formula is C26H19ClN4O5. The summed E-state index contributed by atoms with van der Waals surface area (Å²) in [6, 6.07) is 17.9. The Balaban J connectivity index is 1.66. The highest BCUT2D eigenvalue weighted by Gasteiger charge is 2.23. The molecule has 0 aliphatic carbocycles. The molecule has 0 bridgehead atoms. The van der Waals surface area contributed by atoms with Gasteiger partial charge in [0.05, 0.1) is 13.7 Å². The van der Waals surface area contributed by atoms with E-state index in [1.54, 1.807) is 48.5 Å². The van der Waals surface area contributed by atoms with Crippen LogP contribution in [0.5, 0.6) is 17.5 Å². The largest absolute Gasteiger partial charge is 0.491 e. The number of methoxy groups -OCH3 is 1. The van der Waals surface area contributed by atoms with Crippen LogP contribution in [0.4, 0.5) is 0 Å². The van der Waals surface area contributed by atoms with Crippen molar-refractivity contribution in [1.29, 1.82) is 10.5 Å². The van der Waals surface area contributed by atoms with Crippen LogP contribution in [0.15, 0.2) is 59.2 Å². The van der Waals surface area contributed by atoms with Gasteiger partial charge in [-0.3, -0.25) is 0 Å². The van der Waals surface area contributed by atoms with E-state index in [1.807, 2.05) is 0 Å². The molecule has 0 aliphatic heterocycles. The Bertz CT molecular complexity index is 1440. The molecule has 10 heteroatoms. The van der Waals surface area contributed by atoms with Crippen LogP contribution in [-0.4, -0.2) is 35.4 Å². The van der Waals surface area contributed by atoms with Gasteiger partial charge in [0.25, 0.3) is 0 Å². The summed E-state index contributed by atoms with van der Waals surface area (Å²) in [5, 5.41) is 29.3. The smallest absolute Gasteiger partial charge is 0.236 e. The zero-order chi connectivity index (χ0) is 25.5. The van der Waals surface area contributed by atoms with Crippen LogP contribution in [0.25, 0.3) is 22.6 Å². The van der Waals surface area contributed by atoms with Crippen LogP contribution in [0.3, 0.4) is 0 Å². The average Bonchev–Trinajstić information content (AvgIpc) is 3.39. The highest BCUT2D eigenvalue weighted by atomic mass is 35.5. The van der Waals surface area contributed by atoms with E-state index in [0.717, 1.165) is 5.56 Å². The van der Waals surface area contributed by atoms with Crippen molar-refractivity contribution >= 4 is 11.6 Å². The van der Waals surface area contributed by atoms with Crippen molar-refractivity contribution in [2.24, 2.45) is 0 Å². The molecule has 36 heavy (non-hydrogen) atoms. The first-order valence-corrected chi connectivity index (χ1v) is 11.0. The Morgan fingerprint density at radius 3 is 2.22 bits per heavy atom. The Morgan fingerprint density at radius 1 is 0.917 bits per heavy atom. The molecule has 2 aromatic heterocycles. The molecule has 0 amide bonds. The molecular weight excluding hydrogens is 484 g/mol. The number of halogens is 1. The second-order valence-corrected chi connectivity index (χ2v) is 7.75. The standard InChI is InChI=1S/C26H19ClN4O5/c1-33-25-21(12-28)23(16-4-8-20(9-5-16)34-11-10-32)22(13-29)26(31-25)36-15-19-14-35-24(30-19)17-2-6-18(27)7-3-17/h2-9,14,32H,10-11,15H2,1H3. The van der Waals surface area contributed by atoms with Gasteiger partial charge in [-0.1, -0.05) is 23.7 Å². The second-order valence-electron chi connectivity index (χ2n) is 7.31. The second kappa shape index (κ2) is 11.2. The maximum atomic E-state index is 9.97. The summed E-state index contributed by atoms with van der Waals surface area (Å²) in [6.07, 6.45) is 1.45. The third kappa shape index (κ3) is 5.23. The van der Waals surface area contributed by atoms with Crippen LogP contribution in [0, 0.1) is 22.7 Å². The van der Waals surface area contributed by atoms with Crippen LogP contribution in [-0.2, 0) is 6.61 Å². The molecule has 0 aliphatic rings. The van der Waals surface area contributed by atoms with Gasteiger partial charge in [0.2, 0.25) is 17.7 Å². The van der Waals surface area contributed by atoms with E-state index in [1.165, 1.54) is 13.4 Å². The minimum atomic E-state index is -0.117. The average molecular weight is 503 g/mol. The topological polar surface area (TPSA) is 134 Å². The lowest BCUT2D eigenvalue weighted by atomic mass is 9.96. The molecule has 0 radical (unpaired) electrons. The van der Waals surface area contributed by atoms with Gasteiger partial charge in [0, 0.05) is 16.1 Å². The first-order valence-electron chi connectivity index (χ1n) is 10.7. The predicted molar refractivity (Wildman–Crippen MR) is 130 cm³/mol. The van der Waals surface area contributed by atoms with E-state index < -0.39 is 0 Å². The van der Waals surface area contributed by atoms with E-state index in [0.29, 0.717) is 33.5 Å². The lowest BCUT2D eigenvalue weighted by molar-refractivity contribution is 0.201. The molecule has 0 fully saturated rings. The van der Waals surface area contributed by atoms with Gasteiger partial charge < -0.3 is 23.7 Å². The summed E-state index contributed by atoms with van der Waals surface area (Å²) in [5.74, 6) is 0.925. The van der Waals surface area contributed by atoms with E-state index in [4.69, 9.17) is 35.3 Å². The number of oxazole rings is 1. The number of hydrogen-bond acceptors (Lipinski definition) is 9. The molecule has 0 saturated carbocycles. The molecule has 4 rings (SSSR count). The van der Waals surface area contributed by atoms with Gasteiger partial charge in [-0.2, -0.15) is 15.5 Å². The number of rotatable bonds is 9. The quantitative estimate of drug-likeness (QED) is 0.343. The fraction of sp³-hybridized carbons (Fsp3) is 0.154. The summed E-state index contributed by atoms with van der Waals surface area (Å²) in [7, 11) is 1.38. The Hall–Kier alpha value is -4.57. The maximum Gasteiger partial charge on any atom is 0.236 e. The molecule has 0 saturated heterocycles. The minimum absolute atomic E-state index is 0.0139. The first-order chi connectivity index (χ1) is 17.6. The van der Waals surface area contributed by atoms with E-state index >= 15 is 0 Å². The third-order valence-corrected chi connectivity index (χ3v) is 5.30. The van der Waals surface area contributed by atoms with Crippen molar-refractivity contribution in [3.05, 3.63) is 76.6 Å². The highest BCUT2D eigenvalue weighted by molar-refractivity contribution is 6.30. The number of hydrogen-bond donors (Lipinski definition) is 1. The molecule has 180 valence electrons. The number of pyridine rings is 1. The van der Waals surface area contributed by atoms with Crippen LogP contribution >= 0.6 is 11.6 Å². The van der Waals surface area contributed by atoms with Gasteiger partial charge in [-0.05, 0) is 42.0 Å². The number of nitriles is 2. The zero-order valence-corrected chi connectivity index (χ0v) is 19.8. The van der Waals surface area contributed by atoms with E-state index in [9.17, 15) is 10.5 Å². The summed E-state index contributed by atoms with van der Waals surface area (Å²) >= 11 is 5.93. The molecule has 1 N–H and O–H groups in total. The van der Waals surface area contributed by atoms with Gasteiger partial charge in [0.1, 0.15) is 54.2 Å². The summed E-state index contributed by atoms with van der Waals surface area (Å²) in [4.78, 5) is 8.66. The Kier molecular flexibility index (Phi) is 7.66. The van der Waals surface area contributed by atoms with Crippen molar-refractivity contribution in [2.75, 3.05) is 20.3 Å². The van der Waals surface area contributed by atoms with E-state index in [2.05, 4.69) is 22.1 Å². The lowest BCUT2D eigenvalue weighted by Crippen LogP contribution is -2.05. The third-order valence-electron chi connectivity index (χ3n) is 5.05. The predicted octanol–water partition coefficient (Wildman–Crippen LogP) is 4.76. The lowest BCUT2D eigenvalue weighted by Gasteiger charge is -2.14. The number of ether oxygens (including phenoxy) is 3. The van der Waals surface area contributed by atoms with Crippen molar-refractivity contribution in [3.8, 4) is 52.2 Å². The van der Waals surface area contributed by atoms with Gasteiger partial charge in [0.15, 0.2) is 0 Å². The fourth-order valence-electron chi connectivity index (χ4n) is 3.41. The first kappa shape index (κ1) is 24.6. The monoisotopic (exact) mass is 502 g/mol.